The Hall–Kier alpha value is -3.90. The largest absolute Gasteiger partial charge is 0.497 e. The van der Waals surface area contributed by atoms with Crippen LogP contribution in [0.4, 0.5) is 0 Å². The van der Waals surface area contributed by atoms with Crippen LogP contribution in [-0.2, 0) is 4.79 Å². The van der Waals surface area contributed by atoms with E-state index in [1.807, 2.05) is 0 Å². The number of amides is 2. The van der Waals surface area contributed by atoms with Gasteiger partial charge in [0.15, 0.2) is 11.5 Å². The van der Waals surface area contributed by atoms with E-state index in [-0.39, 0.29) is 12.1 Å². The standard InChI is InChI=1S/C21H19N5O4/c1-25-10-8-21(29,20(25)28)7-5-13-6-9-23-17(11-13)26-16-4-3-14(30-2)12-15(16)18(24-26)19(22)27/h3-4,6,9,11-12,29H,8,10H2,1-2H3,(H2,22,27)/t21-/m0/s1. The molecular weight excluding hydrogens is 386 g/mol. The fourth-order valence-corrected chi connectivity index (χ4v) is 3.34. The number of benzene rings is 1. The zero-order valence-corrected chi connectivity index (χ0v) is 16.4. The lowest BCUT2D eigenvalue weighted by atomic mass is 10.0. The second-order valence-corrected chi connectivity index (χ2v) is 7.00. The number of pyridine rings is 1. The van der Waals surface area contributed by atoms with E-state index in [0.29, 0.717) is 34.6 Å². The Kier molecular flexibility index (Phi) is 4.64. The Morgan fingerprint density at radius 1 is 1.33 bits per heavy atom. The van der Waals surface area contributed by atoms with Crippen LogP contribution in [0.1, 0.15) is 22.5 Å². The molecule has 0 aliphatic carbocycles. The van der Waals surface area contributed by atoms with E-state index < -0.39 is 17.4 Å². The maximum Gasteiger partial charge on any atom is 0.269 e. The van der Waals surface area contributed by atoms with E-state index >= 15 is 0 Å². The van der Waals surface area contributed by atoms with Crippen molar-refractivity contribution in [3.05, 3.63) is 47.8 Å². The number of hydrogen-bond acceptors (Lipinski definition) is 6. The summed E-state index contributed by atoms with van der Waals surface area (Å²) in [6.07, 6.45) is 1.79. The van der Waals surface area contributed by atoms with Crippen LogP contribution in [0.25, 0.3) is 16.7 Å². The molecule has 2 amide bonds. The molecule has 0 saturated carbocycles. The topological polar surface area (TPSA) is 124 Å². The molecule has 1 aliphatic heterocycles. The van der Waals surface area contributed by atoms with Crippen LogP contribution in [0.3, 0.4) is 0 Å². The van der Waals surface area contributed by atoms with E-state index in [1.54, 1.807) is 37.4 Å². The Morgan fingerprint density at radius 3 is 2.80 bits per heavy atom. The maximum atomic E-state index is 12.1. The van der Waals surface area contributed by atoms with Crippen LogP contribution in [0.5, 0.6) is 5.75 Å². The lowest BCUT2D eigenvalue weighted by Crippen LogP contribution is -2.37. The summed E-state index contributed by atoms with van der Waals surface area (Å²) in [6, 6.07) is 8.49. The van der Waals surface area contributed by atoms with Crippen molar-refractivity contribution in [3.63, 3.8) is 0 Å². The highest BCUT2D eigenvalue weighted by atomic mass is 16.5. The van der Waals surface area contributed by atoms with Gasteiger partial charge in [0.05, 0.1) is 12.6 Å². The van der Waals surface area contributed by atoms with Gasteiger partial charge in [0.1, 0.15) is 5.75 Å². The van der Waals surface area contributed by atoms with E-state index in [1.165, 1.54) is 22.9 Å². The average molecular weight is 405 g/mol. The third-order valence-corrected chi connectivity index (χ3v) is 5.01. The summed E-state index contributed by atoms with van der Waals surface area (Å²) in [6.45, 7) is 0.449. The summed E-state index contributed by atoms with van der Waals surface area (Å²) in [5.74, 6) is 5.41. The zero-order valence-electron chi connectivity index (χ0n) is 16.4. The van der Waals surface area contributed by atoms with Crippen molar-refractivity contribution in [2.75, 3.05) is 20.7 Å². The van der Waals surface area contributed by atoms with Gasteiger partial charge in [-0.05, 0) is 30.3 Å². The highest BCUT2D eigenvalue weighted by Crippen LogP contribution is 2.26. The third kappa shape index (κ3) is 3.23. The van der Waals surface area contributed by atoms with Crippen LogP contribution >= 0.6 is 0 Å². The second-order valence-electron chi connectivity index (χ2n) is 7.00. The molecule has 9 nitrogen and oxygen atoms in total. The van der Waals surface area contributed by atoms with E-state index in [0.717, 1.165) is 0 Å². The van der Waals surface area contributed by atoms with E-state index in [9.17, 15) is 14.7 Å². The van der Waals surface area contributed by atoms with Crippen molar-refractivity contribution in [2.45, 2.75) is 12.0 Å². The van der Waals surface area contributed by atoms with Crippen LogP contribution < -0.4 is 10.5 Å². The number of methoxy groups -OCH3 is 1. The Morgan fingerprint density at radius 2 is 2.13 bits per heavy atom. The van der Waals surface area contributed by atoms with E-state index in [4.69, 9.17) is 10.5 Å². The summed E-state index contributed by atoms with van der Waals surface area (Å²) in [5, 5.41) is 15.3. The monoisotopic (exact) mass is 405 g/mol. The highest BCUT2D eigenvalue weighted by molar-refractivity contribution is 6.04. The van der Waals surface area contributed by atoms with Crippen molar-refractivity contribution >= 4 is 22.7 Å². The number of primary amides is 1. The number of ether oxygens (including phenoxy) is 1. The Balaban J connectivity index is 1.77. The SMILES string of the molecule is COc1ccc2c(c1)c(C(N)=O)nn2-c1cc(C#C[C@]2(O)CCN(C)C2=O)ccn1. The highest BCUT2D eigenvalue weighted by Gasteiger charge is 2.42. The molecule has 1 atom stereocenters. The molecule has 0 unspecified atom stereocenters. The lowest BCUT2D eigenvalue weighted by Gasteiger charge is -2.13. The number of aromatic nitrogens is 3. The van der Waals surface area contributed by atoms with Crippen molar-refractivity contribution in [1.29, 1.82) is 0 Å². The van der Waals surface area contributed by atoms with Gasteiger partial charge in [0.25, 0.3) is 11.8 Å². The van der Waals surface area contributed by atoms with Crippen molar-refractivity contribution < 1.29 is 19.4 Å². The first kappa shape index (κ1) is 19.4. The first-order valence-corrected chi connectivity index (χ1v) is 9.16. The minimum absolute atomic E-state index is 0.0936. The molecule has 1 fully saturated rings. The molecule has 3 heterocycles. The minimum atomic E-state index is -1.69. The minimum Gasteiger partial charge on any atom is -0.497 e. The normalized spacial score (nSPS) is 18.4. The molecule has 9 heteroatoms. The molecular formula is C21H19N5O4. The molecule has 2 aromatic heterocycles. The predicted molar refractivity (Wildman–Crippen MR) is 108 cm³/mol. The number of aliphatic hydroxyl groups is 1. The Bertz CT molecular complexity index is 1240. The molecule has 0 spiro atoms. The number of nitrogens with two attached hydrogens (primary N) is 1. The summed E-state index contributed by atoms with van der Waals surface area (Å²) >= 11 is 0. The van der Waals surface area contributed by atoms with Crippen molar-refractivity contribution in [2.24, 2.45) is 5.73 Å². The molecule has 0 radical (unpaired) electrons. The molecule has 0 bridgehead atoms. The summed E-state index contributed by atoms with van der Waals surface area (Å²) < 4.78 is 6.71. The molecule has 152 valence electrons. The molecule has 30 heavy (non-hydrogen) atoms. The molecule has 1 aliphatic rings. The first-order valence-electron chi connectivity index (χ1n) is 9.16. The van der Waals surface area contributed by atoms with Gasteiger partial charge in [-0.25, -0.2) is 9.67 Å². The van der Waals surface area contributed by atoms with Gasteiger partial charge in [-0.2, -0.15) is 5.10 Å². The molecule has 4 rings (SSSR count). The number of rotatable bonds is 3. The van der Waals surface area contributed by atoms with Crippen LogP contribution in [0.15, 0.2) is 36.5 Å². The predicted octanol–water partition coefficient (Wildman–Crippen LogP) is 0.473. The number of carbonyl (C=O) groups is 2. The molecule has 3 N–H and O–H groups in total. The average Bonchev–Trinajstić information content (AvgIpc) is 3.26. The first-order chi connectivity index (χ1) is 14.3. The van der Waals surface area contributed by atoms with Gasteiger partial charge >= 0.3 is 0 Å². The summed E-state index contributed by atoms with van der Waals surface area (Å²) in [5.41, 5.74) is 5.05. The smallest absolute Gasteiger partial charge is 0.269 e. The Labute approximate surface area is 172 Å². The van der Waals surface area contributed by atoms with Crippen LogP contribution in [0.2, 0.25) is 0 Å². The van der Waals surface area contributed by atoms with Gasteiger partial charge in [-0.1, -0.05) is 11.8 Å². The summed E-state index contributed by atoms with van der Waals surface area (Å²) in [7, 11) is 3.15. The number of likely N-dealkylation sites (N-methyl/N-ethyl adjacent to an activating group) is 1. The lowest BCUT2D eigenvalue weighted by molar-refractivity contribution is -0.137. The van der Waals surface area contributed by atoms with Gasteiger partial charge in [0.2, 0.25) is 5.60 Å². The zero-order chi connectivity index (χ0) is 21.5. The fraction of sp³-hybridized carbons (Fsp3) is 0.238. The van der Waals surface area contributed by atoms with Crippen LogP contribution in [-0.4, -0.2) is 62.9 Å². The number of likely N-dealkylation sites (tertiary alicyclic amines) is 1. The van der Waals surface area contributed by atoms with Gasteiger partial charge in [-0.15, -0.1) is 0 Å². The molecule has 1 saturated heterocycles. The number of fused-ring (bicyclic) bond motifs is 1. The number of hydrogen-bond donors (Lipinski definition) is 2. The van der Waals surface area contributed by atoms with Crippen LogP contribution in [0, 0.1) is 11.8 Å². The number of carbonyl (C=O) groups excluding carboxylic acids is 2. The quantitative estimate of drug-likeness (QED) is 0.611. The van der Waals surface area contributed by atoms with Crippen molar-refractivity contribution in [1.82, 2.24) is 19.7 Å². The summed E-state index contributed by atoms with van der Waals surface area (Å²) in [4.78, 5) is 29.7. The fourth-order valence-electron chi connectivity index (χ4n) is 3.34. The van der Waals surface area contributed by atoms with Gasteiger partial charge in [0, 0.05) is 37.2 Å². The molecule has 1 aromatic carbocycles. The van der Waals surface area contributed by atoms with E-state index in [2.05, 4.69) is 21.9 Å². The molecule has 3 aromatic rings. The van der Waals surface area contributed by atoms with Crippen molar-refractivity contribution in [3.8, 4) is 23.4 Å². The second kappa shape index (κ2) is 7.17. The van der Waals surface area contributed by atoms with Gasteiger partial charge < -0.3 is 20.5 Å². The maximum absolute atomic E-state index is 12.1. The van der Waals surface area contributed by atoms with Gasteiger partial charge in [-0.3, -0.25) is 9.59 Å². The number of nitrogens with zero attached hydrogens (tertiary/aromatic N) is 4. The third-order valence-electron chi connectivity index (χ3n) is 5.01.